The fourth-order valence-corrected chi connectivity index (χ4v) is 2.73. The Balaban J connectivity index is 2.06. The van der Waals surface area contributed by atoms with E-state index in [1.807, 2.05) is 0 Å². The maximum Gasteiger partial charge on any atom is 0.142 e. The van der Waals surface area contributed by atoms with E-state index in [2.05, 4.69) is 35.3 Å². The van der Waals surface area contributed by atoms with Gasteiger partial charge in [0.05, 0.1) is 12.3 Å². The van der Waals surface area contributed by atoms with Gasteiger partial charge in [0.15, 0.2) is 0 Å². The topological polar surface area (TPSA) is 24.5 Å². The van der Waals surface area contributed by atoms with Crippen LogP contribution in [0.2, 0.25) is 0 Å². The summed E-state index contributed by atoms with van der Waals surface area (Å²) < 4.78 is 5.85. The molecule has 3 heteroatoms. The summed E-state index contributed by atoms with van der Waals surface area (Å²) in [7, 11) is 0. The number of nitrogens with zero attached hydrogens (tertiary/aromatic N) is 1. The van der Waals surface area contributed by atoms with Crippen LogP contribution in [-0.4, -0.2) is 32.3 Å². The highest BCUT2D eigenvalue weighted by atomic mass is 16.5. The number of fused-ring (bicyclic) bond motifs is 3. The molecular weight excluding hydrogens is 200 g/mol. The molecule has 2 heterocycles. The number of aryl methyl sites for hydroxylation is 1. The standard InChI is InChI=1S/C13H18N2O/c1-10-3-2-4-12-13(10)15-7-6-14-9-11(15)5-8-16-12/h2-4,11,14H,5-9H2,1H3. The number of hydrogen-bond donors (Lipinski definition) is 1. The first-order valence-electron chi connectivity index (χ1n) is 6.06. The van der Waals surface area contributed by atoms with Crippen LogP contribution in [0.15, 0.2) is 18.2 Å². The molecule has 0 aliphatic carbocycles. The van der Waals surface area contributed by atoms with Crippen LogP contribution in [0.25, 0.3) is 0 Å². The number of ether oxygens (including phenoxy) is 1. The maximum atomic E-state index is 5.85. The van der Waals surface area contributed by atoms with Gasteiger partial charge in [0.2, 0.25) is 0 Å². The molecule has 1 saturated heterocycles. The first kappa shape index (κ1) is 9.97. The summed E-state index contributed by atoms with van der Waals surface area (Å²) >= 11 is 0. The Hall–Kier alpha value is -1.22. The number of nitrogens with one attached hydrogen (secondary N) is 1. The second-order valence-corrected chi connectivity index (χ2v) is 4.61. The molecule has 3 nitrogen and oxygen atoms in total. The van der Waals surface area contributed by atoms with Crippen molar-refractivity contribution in [3.05, 3.63) is 23.8 Å². The normalized spacial score (nSPS) is 24.1. The summed E-state index contributed by atoms with van der Waals surface area (Å²) in [5.74, 6) is 1.06. The Kier molecular flexibility index (Phi) is 2.48. The molecule has 0 bridgehead atoms. The van der Waals surface area contributed by atoms with Crippen molar-refractivity contribution in [3.63, 3.8) is 0 Å². The van der Waals surface area contributed by atoms with Gasteiger partial charge in [-0.3, -0.25) is 0 Å². The lowest BCUT2D eigenvalue weighted by molar-refractivity contribution is 0.304. The van der Waals surface area contributed by atoms with Gasteiger partial charge >= 0.3 is 0 Å². The van der Waals surface area contributed by atoms with Crippen LogP contribution in [-0.2, 0) is 0 Å². The van der Waals surface area contributed by atoms with Crippen molar-refractivity contribution in [2.45, 2.75) is 19.4 Å². The van der Waals surface area contributed by atoms with Gasteiger partial charge in [-0.05, 0) is 18.6 Å². The average molecular weight is 218 g/mol. The Morgan fingerprint density at radius 2 is 2.38 bits per heavy atom. The van der Waals surface area contributed by atoms with Gasteiger partial charge in [-0.15, -0.1) is 0 Å². The molecule has 1 unspecified atom stereocenters. The molecule has 2 aliphatic rings. The van der Waals surface area contributed by atoms with E-state index < -0.39 is 0 Å². The summed E-state index contributed by atoms with van der Waals surface area (Å²) in [6.07, 6.45) is 1.11. The number of hydrogen-bond acceptors (Lipinski definition) is 3. The highest BCUT2D eigenvalue weighted by molar-refractivity contribution is 5.65. The number of para-hydroxylation sites is 1. The largest absolute Gasteiger partial charge is 0.491 e. The summed E-state index contributed by atoms with van der Waals surface area (Å²) in [5.41, 5.74) is 2.64. The third kappa shape index (κ3) is 1.55. The van der Waals surface area contributed by atoms with Crippen LogP contribution < -0.4 is 15.0 Å². The highest BCUT2D eigenvalue weighted by Gasteiger charge is 2.28. The number of anilines is 1. The zero-order valence-corrected chi connectivity index (χ0v) is 9.70. The molecule has 1 aromatic rings. The van der Waals surface area contributed by atoms with Gasteiger partial charge in [-0.2, -0.15) is 0 Å². The predicted molar refractivity (Wildman–Crippen MR) is 65.3 cm³/mol. The van der Waals surface area contributed by atoms with Crippen molar-refractivity contribution in [1.82, 2.24) is 5.32 Å². The molecule has 1 atom stereocenters. The van der Waals surface area contributed by atoms with E-state index in [0.717, 1.165) is 38.4 Å². The smallest absolute Gasteiger partial charge is 0.142 e. The molecule has 3 rings (SSSR count). The van der Waals surface area contributed by atoms with E-state index in [1.54, 1.807) is 0 Å². The van der Waals surface area contributed by atoms with Gasteiger partial charge < -0.3 is 15.0 Å². The van der Waals surface area contributed by atoms with E-state index in [-0.39, 0.29) is 0 Å². The van der Waals surface area contributed by atoms with Crippen molar-refractivity contribution < 1.29 is 4.74 Å². The molecule has 0 saturated carbocycles. The third-order valence-electron chi connectivity index (χ3n) is 3.55. The van der Waals surface area contributed by atoms with Crippen LogP contribution in [0.4, 0.5) is 5.69 Å². The summed E-state index contributed by atoms with van der Waals surface area (Å²) in [6, 6.07) is 6.94. The van der Waals surface area contributed by atoms with Crippen LogP contribution >= 0.6 is 0 Å². The minimum absolute atomic E-state index is 0.594. The van der Waals surface area contributed by atoms with E-state index >= 15 is 0 Å². The number of rotatable bonds is 0. The average Bonchev–Trinajstić information content (AvgIpc) is 2.49. The molecule has 1 fully saturated rings. The van der Waals surface area contributed by atoms with Crippen LogP contribution in [0, 0.1) is 6.92 Å². The molecule has 0 amide bonds. The number of piperazine rings is 1. The van der Waals surface area contributed by atoms with Crippen molar-refractivity contribution in [2.24, 2.45) is 0 Å². The monoisotopic (exact) mass is 218 g/mol. The minimum Gasteiger partial charge on any atom is -0.491 e. The second kappa shape index (κ2) is 3.98. The van der Waals surface area contributed by atoms with Gasteiger partial charge in [0.1, 0.15) is 5.75 Å². The van der Waals surface area contributed by atoms with Gasteiger partial charge in [0, 0.05) is 32.1 Å². The lowest BCUT2D eigenvalue weighted by Crippen LogP contribution is -2.51. The third-order valence-corrected chi connectivity index (χ3v) is 3.55. The summed E-state index contributed by atoms with van der Waals surface area (Å²) in [6.45, 7) is 6.25. The van der Waals surface area contributed by atoms with Gasteiger partial charge in [-0.25, -0.2) is 0 Å². The molecule has 0 aromatic heterocycles. The molecule has 1 aromatic carbocycles. The maximum absolute atomic E-state index is 5.85. The fourth-order valence-electron chi connectivity index (χ4n) is 2.73. The van der Waals surface area contributed by atoms with E-state index in [1.165, 1.54) is 11.3 Å². The van der Waals surface area contributed by atoms with Gasteiger partial charge in [-0.1, -0.05) is 12.1 Å². The van der Waals surface area contributed by atoms with E-state index in [9.17, 15) is 0 Å². The lowest BCUT2D eigenvalue weighted by Gasteiger charge is -2.37. The van der Waals surface area contributed by atoms with Crippen molar-refractivity contribution in [2.75, 3.05) is 31.1 Å². The first-order chi connectivity index (χ1) is 7.86. The van der Waals surface area contributed by atoms with E-state index in [0.29, 0.717) is 6.04 Å². The molecule has 86 valence electrons. The SMILES string of the molecule is Cc1cccc2c1N1CCNCC1CCO2. The molecule has 0 radical (unpaired) electrons. The fraction of sp³-hybridized carbons (Fsp3) is 0.538. The Bertz CT molecular complexity index is 392. The number of benzene rings is 1. The van der Waals surface area contributed by atoms with Crippen LogP contribution in [0.3, 0.4) is 0 Å². The molecule has 1 N–H and O–H groups in total. The zero-order chi connectivity index (χ0) is 11.0. The molecule has 0 spiro atoms. The zero-order valence-electron chi connectivity index (χ0n) is 9.70. The van der Waals surface area contributed by atoms with Crippen molar-refractivity contribution in [3.8, 4) is 5.75 Å². The summed E-state index contributed by atoms with van der Waals surface area (Å²) in [5, 5.41) is 3.46. The first-order valence-corrected chi connectivity index (χ1v) is 6.06. The van der Waals surface area contributed by atoms with Crippen molar-refractivity contribution in [1.29, 1.82) is 0 Å². The van der Waals surface area contributed by atoms with Crippen LogP contribution in [0.1, 0.15) is 12.0 Å². The molecule has 2 aliphatic heterocycles. The quantitative estimate of drug-likeness (QED) is 0.715. The summed E-state index contributed by atoms with van der Waals surface area (Å²) in [4.78, 5) is 2.52. The Labute approximate surface area is 96.4 Å². The minimum atomic E-state index is 0.594. The van der Waals surface area contributed by atoms with Crippen molar-refractivity contribution >= 4 is 5.69 Å². The molecular formula is C13H18N2O. The van der Waals surface area contributed by atoms with Gasteiger partial charge in [0.25, 0.3) is 0 Å². The predicted octanol–water partition coefficient (Wildman–Crippen LogP) is 1.56. The second-order valence-electron chi connectivity index (χ2n) is 4.61. The van der Waals surface area contributed by atoms with Crippen LogP contribution in [0.5, 0.6) is 5.75 Å². The lowest BCUT2D eigenvalue weighted by atomic mass is 10.1. The Morgan fingerprint density at radius 3 is 3.31 bits per heavy atom. The highest BCUT2D eigenvalue weighted by Crippen LogP contribution is 2.36. The van der Waals surface area contributed by atoms with E-state index in [4.69, 9.17) is 4.74 Å². The Morgan fingerprint density at radius 1 is 1.44 bits per heavy atom. The molecule has 16 heavy (non-hydrogen) atoms.